The summed E-state index contributed by atoms with van der Waals surface area (Å²) in [5, 5.41) is 3.43. The summed E-state index contributed by atoms with van der Waals surface area (Å²) < 4.78 is 60.6. The first-order valence-electron chi connectivity index (χ1n) is 5.30. The van der Waals surface area contributed by atoms with Crippen LogP contribution in [0.1, 0.15) is 5.56 Å². The SMILES string of the molecule is Cc1cscc1NS(=O)(=O)c1ccc(S(=O)(=O)F)cc1. The summed E-state index contributed by atoms with van der Waals surface area (Å²) in [6, 6.07) is 3.89. The Labute approximate surface area is 120 Å². The van der Waals surface area contributed by atoms with E-state index in [0.717, 1.165) is 29.8 Å². The third kappa shape index (κ3) is 3.17. The molecule has 0 radical (unpaired) electrons. The minimum absolute atomic E-state index is 0.143. The molecule has 0 aliphatic carbocycles. The van der Waals surface area contributed by atoms with Crippen LogP contribution in [0.3, 0.4) is 0 Å². The highest BCUT2D eigenvalue weighted by atomic mass is 32.3. The van der Waals surface area contributed by atoms with Gasteiger partial charge in [-0.15, -0.1) is 15.2 Å². The molecule has 1 heterocycles. The number of anilines is 1. The third-order valence-corrected chi connectivity index (χ3v) is 5.59. The van der Waals surface area contributed by atoms with E-state index in [2.05, 4.69) is 4.72 Å². The number of benzene rings is 1. The van der Waals surface area contributed by atoms with Gasteiger partial charge in [-0.3, -0.25) is 4.72 Å². The van der Waals surface area contributed by atoms with E-state index in [1.165, 1.54) is 11.3 Å². The van der Waals surface area contributed by atoms with E-state index in [0.29, 0.717) is 5.69 Å². The molecule has 0 saturated heterocycles. The van der Waals surface area contributed by atoms with Crippen molar-refractivity contribution in [2.75, 3.05) is 4.72 Å². The molecule has 5 nitrogen and oxygen atoms in total. The largest absolute Gasteiger partial charge is 0.332 e. The zero-order chi connectivity index (χ0) is 15.0. The maximum atomic E-state index is 12.7. The highest BCUT2D eigenvalue weighted by Crippen LogP contribution is 2.24. The van der Waals surface area contributed by atoms with Crippen LogP contribution < -0.4 is 4.72 Å². The molecule has 0 bridgehead atoms. The minimum Gasteiger partial charge on any atom is -0.279 e. The van der Waals surface area contributed by atoms with Crippen LogP contribution in [0.2, 0.25) is 0 Å². The molecule has 2 rings (SSSR count). The average molecular weight is 335 g/mol. The van der Waals surface area contributed by atoms with Gasteiger partial charge in [0.15, 0.2) is 0 Å². The Balaban J connectivity index is 2.33. The summed E-state index contributed by atoms with van der Waals surface area (Å²) in [7, 11) is -8.66. The fourth-order valence-corrected chi connectivity index (χ4v) is 3.89. The zero-order valence-electron chi connectivity index (χ0n) is 10.2. The van der Waals surface area contributed by atoms with Crippen LogP contribution >= 0.6 is 11.3 Å². The second kappa shape index (κ2) is 5.15. The van der Waals surface area contributed by atoms with Crippen LogP contribution in [0, 0.1) is 6.92 Å². The van der Waals surface area contributed by atoms with Crippen molar-refractivity contribution in [2.45, 2.75) is 16.7 Å². The molecule has 0 aliphatic heterocycles. The predicted octanol–water partition coefficient (Wildman–Crippen LogP) is 2.52. The summed E-state index contributed by atoms with van der Waals surface area (Å²) in [6.45, 7) is 1.76. The first-order chi connectivity index (χ1) is 9.20. The minimum atomic E-state index is -4.84. The molecule has 9 heteroatoms. The zero-order valence-corrected chi connectivity index (χ0v) is 12.6. The molecule has 0 atom stereocenters. The Morgan fingerprint density at radius 1 is 1.00 bits per heavy atom. The van der Waals surface area contributed by atoms with Crippen molar-refractivity contribution >= 4 is 37.3 Å². The molecular weight excluding hydrogens is 325 g/mol. The maximum absolute atomic E-state index is 12.7. The molecule has 1 aromatic carbocycles. The van der Waals surface area contributed by atoms with Gasteiger partial charge in [0, 0.05) is 5.38 Å². The van der Waals surface area contributed by atoms with Crippen LogP contribution in [0.5, 0.6) is 0 Å². The molecule has 20 heavy (non-hydrogen) atoms. The van der Waals surface area contributed by atoms with E-state index in [1.54, 1.807) is 17.7 Å². The van der Waals surface area contributed by atoms with Crippen molar-refractivity contribution < 1.29 is 20.7 Å². The second-order valence-corrected chi connectivity index (χ2v) is 7.76. The van der Waals surface area contributed by atoms with Crippen molar-refractivity contribution in [3.8, 4) is 0 Å². The summed E-state index contributed by atoms with van der Waals surface area (Å²) in [4.78, 5) is -0.723. The van der Waals surface area contributed by atoms with Crippen LogP contribution in [0.25, 0.3) is 0 Å². The molecule has 0 unspecified atom stereocenters. The second-order valence-electron chi connectivity index (χ2n) is 3.98. The lowest BCUT2D eigenvalue weighted by atomic mass is 10.3. The normalized spacial score (nSPS) is 12.3. The van der Waals surface area contributed by atoms with Crippen molar-refractivity contribution in [1.82, 2.24) is 0 Å². The van der Waals surface area contributed by atoms with E-state index in [-0.39, 0.29) is 4.90 Å². The number of hydrogen-bond donors (Lipinski definition) is 1. The Morgan fingerprint density at radius 3 is 2.00 bits per heavy atom. The quantitative estimate of drug-likeness (QED) is 0.871. The summed E-state index contributed by atoms with van der Waals surface area (Å²) in [5.74, 6) is 0. The van der Waals surface area contributed by atoms with Gasteiger partial charge in [0.25, 0.3) is 10.0 Å². The topological polar surface area (TPSA) is 80.3 Å². The smallest absolute Gasteiger partial charge is 0.279 e. The molecular formula is C11H10FNO4S3. The average Bonchev–Trinajstić information content (AvgIpc) is 2.73. The van der Waals surface area contributed by atoms with Crippen molar-refractivity contribution in [1.29, 1.82) is 0 Å². The van der Waals surface area contributed by atoms with Crippen LogP contribution in [0.4, 0.5) is 9.57 Å². The van der Waals surface area contributed by atoms with Crippen molar-refractivity contribution in [3.05, 3.63) is 40.6 Å². The molecule has 108 valence electrons. The molecule has 0 fully saturated rings. The van der Waals surface area contributed by atoms with Crippen molar-refractivity contribution in [2.24, 2.45) is 0 Å². The Hall–Kier alpha value is -1.45. The van der Waals surface area contributed by atoms with Gasteiger partial charge in [-0.25, -0.2) is 8.42 Å². The number of nitrogens with one attached hydrogen (secondary N) is 1. The fourth-order valence-electron chi connectivity index (χ4n) is 1.45. The van der Waals surface area contributed by atoms with E-state index in [1.807, 2.05) is 0 Å². The lowest BCUT2D eigenvalue weighted by Crippen LogP contribution is -2.13. The van der Waals surface area contributed by atoms with E-state index >= 15 is 0 Å². The number of aryl methyl sites for hydroxylation is 1. The molecule has 2 aromatic rings. The van der Waals surface area contributed by atoms with Gasteiger partial charge in [0.05, 0.1) is 15.5 Å². The van der Waals surface area contributed by atoms with Gasteiger partial charge in [-0.1, -0.05) is 0 Å². The van der Waals surface area contributed by atoms with Crippen molar-refractivity contribution in [3.63, 3.8) is 0 Å². The van der Waals surface area contributed by atoms with E-state index < -0.39 is 25.1 Å². The highest BCUT2D eigenvalue weighted by molar-refractivity contribution is 7.92. The number of thiophene rings is 1. The van der Waals surface area contributed by atoms with Gasteiger partial charge in [0.1, 0.15) is 0 Å². The Morgan fingerprint density at radius 2 is 1.55 bits per heavy atom. The first kappa shape index (κ1) is 14.9. The van der Waals surface area contributed by atoms with Gasteiger partial charge in [0.2, 0.25) is 0 Å². The van der Waals surface area contributed by atoms with Gasteiger partial charge < -0.3 is 0 Å². The van der Waals surface area contributed by atoms with Crippen LogP contribution in [-0.2, 0) is 20.2 Å². The van der Waals surface area contributed by atoms with Gasteiger partial charge >= 0.3 is 10.2 Å². The lowest BCUT2D eigenvalue weighted by Gasteiger charge is -2.07. The standard InChI is InChI=1S/C11H10FNO4S3/c1-8-6-18-7-11(8)13-20(16,17)10-4-2-9(3-5-10)19(12,14)15/h2-7,13H,1H3. The highest BCUT2D eigenvalue weighted by Gasteiger charge is 2.18. The van der Waals surface area contributed by atoms with Gasteiger partial charge in [-0.05, 0) is 42.1 Å². The summed E-state index contributed by atoms with van der Waals surface area (Å²) >= 11 is 1.35. The monoisotopic (exact) mass is 335 g/mol. The van der Waals surface area contributed by atoms with Gasteiger partial charge in [-0.2, -0.15) is 8.42 Å². The molecule has 0 aliphatic rings. The number of sulfonamides is 1. The predicted molar refractivity (Wildman–Crippen MR) is 74.6 cm³/mol. The first-order valence-corrected chi connectivity index (χ1v) is 9.11. The lowest BCUT2D eigenvalue weighted by molar-refractivity contribution is 0.551. The van der Waals surface area contributed by atoms with Crippen LogP contribution in [-0.4, -0.2) is 16.8 Å². The molecule has 0 saturated carbocycles. The summed E-state index contributed by atoms with van der Waals surface area (Å²) in [5.41, 5.74) is 1.23. The van der Waals surface area contributed by atoms with Crippen LogP contribution in [0.15, 0.2) is 44.8 Å². The number of hydrogen-bond acceptors (Lipinski definition) is 5. The molecule has 1 N–H and O–H groups in total. The number of halogens is 1. The maximum Gasteiger partial charge on any atom is 0.332 e. The third-order valence-electron chi connectivity index (χ3n) is 2.52. The molecule has 0 spiro atoms. The fraction of sp³-hybridized carbons (Fsp3) is 0.0909. The number of rotatable bonds is 4. The Kier molecular flexibility index (Phi) is 3.85. The summed E-state index contributed by atoms with van der Waals surface area (Å²) in [6.07, 6.45) is 0. The molecule has 0 amide bonds. The van der Waals surface area contributed by atoms with E-state index in [4.69, 9.17) is 0 Å². The Bertz CT molecular complexity index is 823. The molecule has 1 aromatic heterocycles. The van der Waals surface area contributed by atoms with E-state index in [9.17, 15) is 20.7 Å².